The van der Waals surface area contributed by atoms with E-state index in [1.807, 2.05) is 9.80 Å². The van der Waals surface area contributed by atoms with E-state index in [0.29, 0.717) is 45.8 Å². The number of hydrogen-bond donors (Lipinski definition) is 1. The predicted octanol–water partition coefficient (Wildman–Crippen LogP) is -0.00310. The van der Waals surface area contributed by atoms with Crippen molar-refractivity contribution in [3.8, 4) is 0 Å². The van der Waals surface area contributed by atoms with Gasteiger partial charge in [0, 0.05) is 39.2 Å². The number of ether oxygens (including phenoxy) is 1. The van der Waals surface area contributed by atoms with Crippen LogP contribution in [0.15, 0.2) is 0 Å². The van der Waals surface area contributed by atoms with Gasteiger partial charge >= 0.3 is 0 Å². The van der Waals surface area contributed by atoms with E-state index < -0.39 is 0 Å². The van der Waals surface area contributed by atoms with Gasteiger partial charge in [0.15, 0.2) is 0 Å². The summed E-state index contributed by atoms with van der Waals surface area (Å²) < 4.78 is 5.41. The van der Waals surface area contributed by atoms with E-state index in [2.05, 4.69) is 0 Å². The van der Waals surface area contributed by atoms with Crippen molar-refractivity contribution in [2.24, 2.45) is 5.73 Å². The van der Waals surface area contributed by atoms with Crippen LogP contribution in [0.25, 0.3) is 0 Å². The molecule has 2 N–H and O–H groups in total. The Morgan fingerprint density at radius 2 is 1.80 bits per heavy atom. The third-order valence-electron chi connectivity index (χ3n) is 3.74. The highest BCUT2D eigenvalue weighted by Gasteiger charge is 2.31. The fourth-order valence-corrected chi connectivity index (χ4v) is 2.56. The van der Waals surface area contributed by atoms with Gasteiger partial charge < -0.3 is 20.3 Å². The Hall–Kier alpha value is -0.850. The van der Waals surface area contributed by atoms with E-state index in [9.17, 15) is 9.59 Å². The first-order valence-electron chi connectivity index (χ1n) is 7.10. The van der Waals surface area contributed by atoms with E-state index in [0.717, 1.165) is 19.3 Å². The minimum Gasteiger partial charge on any atom is -0.368 e. The number of hydrogen-bond acceptors (Lipinski definition) is 4. The molecule has 1 atom stereocenters. The van der Waals surface area contributed by atoms with E-state index in [4.69, 9.17) is 10.5 Å². The van der Waals surface area contributed by atoms with E-state index in [1.54, 1.807) is 0 Å². The molecule has 0 aliphatic carbocycles. The zero-order valence-corrected chi connectivity index (χ0v) is 12.6. The van der Waals surface area contributed by atoms with Crippen molar-refractivity contribution < 1.29 is 14.3 Å². The van der Waals surface area contributed by atoms with Gasteiger partial charge in [-0.2, -0.15) is 0 Å². The Bertz CT molecular complexity index is 327. The standard InChI is InChI=1S/C13H23N3O3.ClH/c14-5-1-4-12(17)15-6-8-16(9-7-15)13(18)11-3-2-10-19-11;/h11H,1-10,14H2;1H. The average Bonchev–Trinajstić information content (AvgIpc) is 2.98. The average molecular weight is 306 g/mol. The van der Waals surface area contributed by atoms with Crippen molar-refractivity contribution >= 4 is 24.2 Å². The molecule has 0 aromatic carbocycles. The molecule has 2 fully saturated rings. The number of carbonyl (C=O) groups is 2. The first-order valence-corrected chi connectivity index (χ1v) is 7.10. The molecule has 0 bridgehead atoms. The molecule has 2 aliphatic rings. The molecule has 0 saturated carbocycles. The maximum absolute atomic E-state index is 12.1. The van der Waals surface area contributed by atoms with E-state index in [1.165, 1.54) is 0 Å². The molecule has 1 unspecified atom stereocenters. The van der Waals surface area contributed by atoms with Gasteiger partial charge in [-0.15, -0.1) is 12.4 Å². The van der Waals surface area contributed by atoms with Crippen LogP contribution in [-0.2, 0) is 14.3 Å². The largest absolute Gasteiger partial charge is 0.368 e. The fraction of sp³-hybridized carbons (Fsp3) is 0.846. The maximum Gasteiger partial charge on any atom is 0.251 e. The molecule has 2 amide bonds. The molecule has 2 rings (SSSR count). The Labute approximate surface area is 126 Å². The fourth-order valence-electron chi connectivity index (χ4n) is 2.56. The molecule has 2 aliphatic heterocycles. The molecule has 116 valence electrons. The lowest BCUT2D eigenvalue weighted by atomic mass is 10.2. The second-order valence-corrected chi connectivity index (χ2v) is 5.10. The zero-order valence-electron chi connectivity index (χ0n) is 11.8. The second-order valence-electron chi connectivity index (χ2n) is 5.10. The van der Waals surface area contributed by atoms with Gasteiger partial charge in [-0.05, 0) is 25.8 Å². The Morgan fingerprint density at radius 3 is 2.35 bits per heavy atom. The van der Waals surface area contributed by atoms with Gasteiger partial charge in [-0.25, -0.2) is 0 Å². The van der Waals surface area contributed by atoms with Gasteiger partial charge in [0.05, 0.1) is 0 Å². The summed E-state index contributed by atoms with van der Waals surface area (Å²) in [4.78, 5) is 27.6. The molecular weight excluding hydrogens is 282 g/mol. The lowest BCUT2D eigenvalue weighted by Gasteiger charge is -2.35. The first kappa shape index (κ1) is 17.2. The van der Waals surface area contributed by atoms with Gasteiger partial charge in [0.2, 0.25) is 5.91 Å². The highest BCUT2D eigenvalue weighted by molar-refractivity contribution is 5.85. The van der Waals surface area contributed by atoms with Gasteiger partial charge in [0.1, 0.15) is 6.10 Å². The number of carbonyl (C=O) groups excluding carboxylic acids is 2. The SMILES string of the molecule is Cl.NCCCC(=O)N1CCN(C(=O)C2CCCO2)CC1. The molecule has 2 saturated heterocycles. The van der Waals surface area contributed by atoms with Gasteiger partial charge in [0.25, 0.3) is 5.91 Å². The highest BCUT2D eigenvalue weighted by Crippen LogP contribution is 2.16. The van der Waals surface area contributed by atoms with Crippen molar-refractivity contribution in [3.63, 3.8) is 0 Å². The summed E-state index contributed by atoms with van der Waals surface area (Å²) in [5.41, 5.74) is 5.40. The van der Waals surface area contributed by atoms with Crippen LogP contribution < -0.4 is 5.73 Å². The van der Waals surface area contributed by atoms with Crippen molar-refractivity contribution in [1.82, 2.24) is 9.80 Å². The second kappa shape index (κ2) is 8.44. The number of piperazine rings is 1. The molecule has 7 heteroatoms. The summed E-state index contributed by atoms with van der Waals surface area (Å²) in [5.74, 6) is 0.237. The van der Waals surface area contributed by atoms with Crippen molar-refractivity contribution in [2.45, 2.75) is 31.8 Å². The molecule has 2 heterocycles. The minimum atomic E-state index is -0.250. The van der Waals surface area contributed by atoms with Gasteiger partial charge in [-0.3, -0.25) is 9.59 Å². The highest BCUT2D eigenvalue weighted by atomic mass is 35.5. The van der Waals surface area contributed by atoms with Crippen LogP contribution in [0.2, 0.25) is 0 Å². The maximum atomic E-state index is 12.1. The third kappa shape index (κ3) is 4.33. The molecule has 6 nitrogen and oxygen atoms in total. The summed E-state index contributed by atoms with van der Waals surface area (Å²) >= 11 is 0. The quantitative estimate of drug-likeness (QED) is 0.793. The number of nitrogens with two attached hydrogens (primary N) is 1. The molecular formula is C13H24ClN3O3. The summed E-state index contributed by atoms with van der Waals surface area (Å²) in [6.45, 7) is 3.72. The van der Waals surface area contributed by atoms with Crippen LogP contribution >= 0.6 is 12.4 Å². The topological polar surface area (TPSA) is 75.9 Å². The number of amides is 2. The lowest BCUT2D eigenvalue weighted by Crippen LogP contribution is -2.52. The Kier molecular flexibility index (Phi) is 7.26. The number of rotatable bonds is 4. The summed E-state index contributed by atoms with van der Waals surface area (Å²) in [7, 11) is 0. The van der Waals surface area contributed by atoms with Crippen LogP contribution in [0, 0.1) is 0 Å². The molecule has 0 aromatic rings. The Balaban J connectivity index is 0.00000200. The predicted molar refractivity (Wildman–Crippen MR) is 77.7 cm³/mol. The monoisotopic (exact) mass is 305 g/mol. The van der Waals surface area contributed by atoms with Crippen molar-refractivity contribution in [2.75, 3.05) is 39.3 Å². The normalized spacial score (nSPS) is 22.6. The van der Waals surface area contributed by atoms with Crippen molar-refractivity contribution in [1.29, 1.82) is 0 Å². The van der Waals surface area contributed by atoms with Crippen LogP contribution in [0.1, 0.15) is 25.7 Å². The molecule has 0 radical (unpaired) electrons. The molecule has 0 aromatic heterocycles. The van der Waals surface area contributed by atoms with Crippen LogP contribution in [0.4, 0.5) is 0 Å². The summed E-state index contributed by atoms with van der Waals surface area (Å²) in [6, 6.07) is 0. The zero-order chi connectivity index (χ0) is 13.7. The third-order valence-corrected chi connectivity index (χ3v) is 3.74. The smallest absolute Gasteiger partial charge is 0.251 e. The lowest BCUT2D eigenvalue weighted by molar-refractivity contribution is -0.146. The molecule has 0 spiro atoms. The summed E-state index contributed by atoms with van der Waals surface area (Å²) in [5, 5.41) is 0. The minimum absolute atomic E-state index is 0. The van der Waals surface area contributed by atoms with Gasteiger partial charge in [-0.1, -0.05) is 0 Å². The Morgan fingerprint density at radius 1 is 1.15 bits per heavy atom. The summed E-state index contributed by atoms with van der Waals surface area (Å²) in [6.07, 6.45) is 2.78. The van der Waals surface area contributed by atoms with Crippen molar-refractivity contribution in [3.05, 3.63) is 0 Å². The van der Waals surface area contributed by atoms with E-state index in [-0.39, 0.29) is 30.3 Å². The number of nitrogens with zero attached hydrogens (tertiary/aromatic N) is 2. The number of halogens is 1. The van der Waals surface area contributed by atoms with Crippen LogP contribution in [0.3, 0.4) is 0 Å². The van der Waals surface area contributed by atoms with Crippen LogP contribution in [-0.4, -0.2) is 67.0 Å². The first-order chi connectivity index (χ1) is 9.22. The molecule has 20 heavy (non-hydrogen) atoms. The van der Waals surface area contributed by atoms with E-state index >= 15 is 0 Å². The van der Waals surface area contributed by atoms with Crippen LogP contribution in [0.5, 0.6) is 0 Å².